The Morgan fingerprint density at radius 2 is 2.40 bits per heavy atom. The van der Waals surface area contributed by atoms with Gasteiger partial charge >= 0.3 is 5.97 Å². The van der Waals surface area contributed by atoms with E-state index in [1.807, 2.05) is 0 Å². The molecule has 1 saturated heterocycles. The molecule has 4 heteroatoms. The Morgan fingerprint density at radius 3 is 2.80 bits per heavy atom. The first-order chi connectivity index (χ1) is 7.02. The fourth-order valence-electron chi connectivity index (χ4n) is 1.94. The van der Waals surface area contributed by atoms with Crippen molar-refractivity contribution < 1.29 is 9.90 Å². The number of carboxylic acids is 1. The predicted octanol–water partition coefficient (Wildman–Crippen LogP) is 0.699. The van der Waals surface area contributed by atoms with Crippen LogP contribution in [0.3, 0.4) is 0 Å². The first-order valence-electron chi connectivity index (χ1n) is 5.35. The minimum absolute atomic E-state index is 0.400. The molecular weight excluding hydrogens is 192 g/mol. The van der Waals surface area contributed by atoms with Gasteiger partial charge in [0.2, 0.25) is 0 Å². The average Bonchev–Trinajstić information content (AvgIpc) is 2.60. The number of nitrogens with zero attached hydrogens (tertiary/aromatic N) is 1. The quantitative estimate of drug-likeness (QED) is 0.659. The topological polar surface area (TPSA) is 52.6 Å². The summed E-state index contributed by atoms with van der Waals surface area (Å²) in [5.41, 5.74) is -0.779. The lowest BCUT2D eigenvalue weighted by atomic mass is 9.99. The molecule has 1 fully saturated rings. The number of rotatable bonds is 5. The van der Waals surface area contributed by atoms with Crippen molar-refractivity contribution >= 4 is 5.97 Å². The van der Waals surface area contributed by atoms with Crippen LogP contribution in [0.25, 0.3) is 0 Å². The molecule has 0 saturated carbocycles. The Balaban J connectivity index is 2.68. The van der Waals surface area contributed by atoms with Crippen molar-refractivity contribution in [2.24, 2.45) is 0 Å². The van der Waals surface area contributed by atoms with Crippen molar-refractivity contribution in [1.82, 2.24) is 10.2 Å². The van der Waals surface area contributed by atoms with Crippen LogP contribution in [0, 0.1) is 0 Å². The smallest absolute Gasteiger partial charge is 0.325 e. The van der Waals surface area contributed by atoms with Crippen LogP contribution < -0.4 is 5.32 Å². The summed E-state index contributed by atoms with van der Waals surface area (Å²) in [6, 6.07) is 0.400. The second kappa shape index (κ2) is 4.77. The van der Waals surface area contributed by atoms with Crippen LogP contribution in [0.15, 0.2) is 12.7 Å². The van der Waals surface area contributed by atoms with Gasteiger partial charge < -0.3 is 5.11 Å². The summed E-state index contributed by atoms with van der Waals surface area (Å²) in [7, 11) is 0. The van der Waals surface area contributed by atoms with E-state index in [0.717, 1.165) is 6.54 Å². The molecule has 0 aromatic rings. The second-order valence-corrected chi connectivity index (χ2v) is 4.37. The average molecular weight is 212 g/mol. The van der Waals surface area contributed by atoms with E-state index in [1.165, 1.54) is 0 Å². The van der Waals surface area contributed by atoms with E-state index in [1.54, 1.807) is 6.08 Å². The molecule has 0 bridgehead atoms. The zero-order valence-electron chi connectivity index (χ0n) is 9.49. The van der Waals surface area contributed by atoms with Crippen molar-refractivity contribution in [2.45, 2.75) is 31.8 Å². The van der Waals surface area contributed by atoms with Crippen LogP contribution in [0.4, 0.5) is 0 Å². The normalized spacial score (nSPS) is 27.1. The Morgan fingerprint density at radius 1 is 1.73 bits per heavy atom. The largest absolute Gasteiger partial charge is 0.480 e. The molecule has 15 heavy (non-hydrogen) atoms. The molecule has 0 aromatic heterocycles. The molecule has 1 aliphatic heterocycles. The first-order valence-corrected chi connectivity index (χ1v) is 5.35. The zero-order valence-corrected chi connectivity index (χ0v) is 9.49. The number of likely N-dealkylation sites (tertiary alicyclic amines) is 1. The van der Waals surface area contributed by atoms with E-state index < -0.39 is 11.5 Å². The summed E-state index contributed by atoms with van der Waals surface area (Å²) >= 11 is 0. The van der Waals surface area contributed by atoms with Crippen LogP contribution in [0.5, 0.6) is 0 Å². The molecule has 1 unspecified atom stereocenters. The fraction of sp³-hybridized carbons (Fsp3) is 0.727. The maximum atomic E-state index is 11.3. The number of hydrogen-bond acceptors (Lipinski definition) is 3. The molecule has 2 N–H and O–H groups in total. The van der Waals surface area contributed by atoms with Crippen LogP contribution in [0.2, 0.25) is 0 Å². The summed E-state index contributed by atoms with van der Waals surface area (Å²) in [6.45, 7) is 9.73. The monoisotopic (exact) mass is 212 g/mol. The fourth-order valence-corrected chi connectivity index (χ4v) is 1.94. The van der Waals surface area contributed by atoms with Gasteiger partial charge in [0, 0.05) is 25.7 Å². The maximum absolute atomic E-state index is 11.3. The van der Waals surface area contributed by atoms with E-state index in [9.17, 15) is 9.90 Å². The van der Waals surface area contributed by atoms with E-state index in [2.05, 4.69) is 30.6 Å². The van der Waals surface area contributed by atoms with E-state index in [-0.39, 0.29) is 0 Å². The van der Waals surface area contributed by atoms with Crippen LogP contribution in [-0.2, 0) is 4.79 Å². The maximum Gasteiger partial charge on any atom is 0.325 e. The van der Waals surface area contributed by atoms with Gasteiger partial charge in [-0.05, 0) is 20.3 Å². The molecule has 0 aliphatic carbocycles. The highest BCUT2D eigenvalue weighted by atomic mass is 16.4. The van der Waals surface area contributed by atoms with Gasteiger partial charge in [-0.25, -0.2) is 0 Å². The predicted molar refractivity (Wildman–Crippen MR) is 59.9 cm³/mol. The number of carboxylic acid groups (broad SMARTS) is 1. The summed E-state index contributed by atoms with van der Waals surface area (Å²) in [4.78, 5) is 13.5. The Hall–Kier alpha value is -0.870. The third kappa shape index (κ3) is 2.58. The van der Waals surface area contributed by atoms with Crippen molar-refractivity contribution in [3.63, 3.8) is 0 Å². The second-order valence-electron chi connectivity index (χ2n) is 4.37. The number of aliphatic carboxylic acids is 1. The molecule has 0 amide bonds. The van der Waals surface area contributed by atoms with Gasteiger partial charge in [-0.2, -0.15) is 0 Å². The van der Waals surface area contributed by atoms with Gasteiger partial charge in [0.25, 0.3) is 0 Å². The molecule has 1 aliphatic rings. The van der Waals surface area contributed by atoms with Gasteiger partial charge in [-0.15, -0.1) is 6.58 Å². The number of nitrogens with one attached hydrogen (secondary N) is 1. The summed E-state index contributed by atoms with van der Waals surface area (Å²) < 4.78 is 0. The standard InChI is InChI=1S/C11H20N2O2/c1-4-6-12-11(10(14)15)5-7-13(8-11)9(2)3/h4,9,12H,1,5-8H2,2-3H3,(H,14,15). The molecule has 0 aromatic carbocycles. The Labute approximate surface area is 91.0 Å². The highest BCUT2D eigenvalue weighted by molar-refractivity contribution is 5.79. The van der Waals surface area contributed by atoms with Gasteiger partial charge in [0.15, 0.2) is 0 Å². The van der Waals surface area contributed by atoms with E-state index >= 15 is 0 Å². The SMILES string of the molecule is C=CCNC1(C(=O)O)CCN(C(C)C)C1. The lowest BCUT2D eigenvalue weighted by Crippen LogP contribution is -2.54. The third-order valence-electron chi connectivity index (χ3n) is 3.02. The molecule has 1 rings (SSSR count). The molecule has 0 radical (unpaired) electrons. The van der Waals surface area contributed by atoms with Crippen molar-refractivity contribution in [2.75, 3.05) is 19.6 Å². The lowest BCUT2D eigenvalue weighted by molar-refractivity contribution is -0.144. The minimum atomic E-state index is -0.779. The van der Waals surface area contributed by atoms with Crippen molar-refractivity contribution in [3.05, 3.63) is 12.7 Å². The van der Waals surface area contributed by atoms with E-state index in [4.69, 9.17) is 0 Å². The summed E-state index contributed by atoms with van der Waals surface area (Å²) in [6.07, 6.45) is 2.36. The summed E-state index contributed by atoms with van der Waals surface area (Å²) in [5, 5.41) is 12.3. The van der Waals surface area contributed by atoms with Crippen molar-refractivity contribution in [1.29, 1.82) is 0 Å². The Bertz CT molecular complexity index is 253. The summed E-state index contributed by atoms with van der Waals surface area (Å²) in [5.74, 6) is -0.757. The lowest BCUT2D eigenvalue weighted by Gasteiger charge is -2.27. The van der Waals surface area contributed by atoms with Gasteiger partial charge in [0.1, 0.15) is 5.54 Å². The zero-order chi connectivity index (χ0) is 11.5. The third-order valence-corrected chi connectivity index (χ3v) is 3.02. The minimum Gasteiger partial charge on any atom is -0.480 e. The van der Waals surface area contributed by atoms with Gasteiger partial charge in [-0.1, -0.05) is 6.08 Å². The molecule has 1 atom stereocenters. The highest BCUT2D eigenvalue weighted by Gasteiger charge is 2.44. The van der Waals surface area contributed by atoms with Crippen LogP contribution in [-0.4, -0.2) is 47.2 Å². The first kappa shape index (κ1) is 12.2. The molecule has 0 spiro atoms. The molecular formula is C11H20N2O2. The molecule has 4 nitrogen and oxygen atoms in total. The molecule has 1 heterocycles. The van der Waals surface area contributed by atoms with Crippen LogP contribution in [0.1, 0.15) is 20.3 Å². The number of carbonyl (C=O) groups is 1. The van der Waals surface area contributed by atoms with Gasteiger partial charge in [0.05, 0.1) is 0 Å². The molecule has 86 valence electrons. The van der Waals surface area contributed by atoms with Crippen LogP contribution >= 0.6 is 0 Å². The van der Waals surface area contributed by atoms with Crippen molar-refractivity contribution in [3.8, 4) is 0 Å². The van der Waals surface area contributed by atoms with E-state index in [0.29, 0.717) is 25.6 Å². The Kier molecular flexibility index (Phi) is 3.88. The number of hydrogen-bond donors (Lipinski definition) is 2. The van der Waals surface area contributed by atoms with Gasteiger partial charge in [-0.3, -0.25) is 15.0 Å². The highest BCUT2D eigenvalue weighted by Crippen LogP contribution is 2.23.